The van der Waals surface area contributed by atoms with E-state index < -0.39 is 0 Å². The first kappa shape index (κ1) is 18.7. The molecule has 0 radical (unpaired) electrons. The average Bonchev–Trinajstić information content (AvgIpc) is 2.68. The third kappa shape index (κ3) is 5.46. The summed E-state index contributed by atoms with van der Waals surface area (Å²) < 4.78 is 0. The van der Waals surface area contributed by atoms with Crippen molar-refractivity contribution < 1.29 is 9.59 Å². The van der Waals surface area contributed by atoms with Crippen LogP contribution in [0.4, 0.5) is 11.4 Å². The van der Waals surface area contributed by atoms with E-state index in [-0.39, 0.29) is 11.8 Å². The van der Waals surface area contributed by atoms with Gasteiger partial charge in [-0.15, -0.1) is 11.8 Å². The number of nitrogens with one attached hydrogen (secondary N) is 2. The molecule has 27 heavy (non-hydrogen) atoms. The van der Waals surface area contributed by atoms with Gasteiger partial charge in [-0.2, -0.15) is 0 Å². The van der Waals surface area contributed by atoms with Crippen LogP contribution in [0, 0.1) is 0 Å². The molecule has 5 heteroatoms. The van der Waals surface area contributed by atoms with Gasteiger partial charge in [0.05, 0.1) is 5.75 Å². The van der Waals surface area contributed by atoms with Gasteiger partial charge in [0.15, 0.2) is 0 Å². The van der Waals surface area contributed by atoms with Gasteiger partial charge in [0, 0.05) is 28.8 Å². The second-order valence-electron chi connectivity index (χ2n) is 5.95. The molecule has 0 spiro atoms. The van der Waals surface area contributed by atoms with Crippen molar-refractivity contribution in [2.45, 2.75) is 11.8 Å². The lowest BCUT2D eigenvalue weighted by atomic mass is 10.0. The molecule has 136 valence electrons. The Labute approximate surface area is 163 Å². The van der Waals surface area contributed by atoms with Crippen molar-refractivity contribution in [2.75, 3.05) is 16.4 Å². The Hall–Kier alpha value is -3.05. The third-order valence-corrected chi connectivity index (χ3v) is 4.84. The van der Waals surface area contributed by atoms with Gasteiger partial charge in [-0.3, -0.25) is 9.59 Å². The summed E-state index contributed by atoms with van der Waals surface area (Å²) in [5.41, 5.74) is 3.61. The molecular weight excluding hydrogens is 356 g/mol. The summed E-state index contributed by atoms with van der Waals surface area (Å²) >= 11 is 1.45. The summed E-state index contributed by atoms with van der Waals surface area (Å²) in [5.74, 6) is 0.143. The number of carbonyl (C=O) groups is 2. The van der Waals surface area contributed by atoms with Gasteiger partial charge in [-0.05, 0) is 35.9 Å². The Bertz CT molecular complexity index is 925. The summed E-state index contributed by atoms with van der Waals surface area (Å²) in [5, 5.41) is 5.72. The molecule has 3 aromatic carbocycles. The van der Waals surface area contributed by atoms with E-state index in [1.165, 1.54) is 18.7 Å². The zero-order valence-corrected chi connectivity index (χ0v) is 15.8. The summed E-state index contributed by atoms with van der Waals surface area (Å²) in [4.78, 5) is 24.4. The normalized spacial score (nSPS) is 10.3. The molecule has 0 aliphatic carbocycles. The molecule has 0 saturated carbocycles. The number of anilines is 2. The van der Waals surface area contributed by atoms with E-state index in [0.717, 1.165) is 27.4 Å². The molecule has 0 fully saturated rings. The Kier molecular flexibility index (Phi) is 6.28. The Morgan fingerprint density at radius 1 is 0.815 bits per heavy atom. The van der Waals surface area contributed by atoms with Gasteiger partial charge in [0.25, 0.3) is 0 Å². The summed E-state index contributed by atoms with van der Waals surface area (Å²) in [6.45, 7) is 1.47. The number of amides is 2. The van der Waals surface area contributed by atoms with Crippen molar-refractivity contribution in [1.29, 1.82) is 0 Å². The highest BCUT2D eigenvalue weighted by Crippen LogP contribution is 2.28. The fourth-order valence-electron chi connectivity index (χ4n) is 2.63. The third-order valence-electron chi connectivity index (χ3n) is 3.83. The van der Waals surface area contributed by atoms with Crippen LogP contribution in [0.5, 0.6) is 0 Å². The second kappa shape index (κ2) is 9.05. The van der Waals surface area contributed by atoms with Gasteiger partial charge in [-0.25, -0.2) is 0 Å². The molecule has 3 rings (SSSR count). The largest absolute Gasteiger partial charge is 0.326 e. The van der Waals surface area contributed by atoms with E-state index >= 15 is 0 Å². The van der Waals surface area contributed by atoms with Gasteiger partial charge in [0.2, 0.25) is 11.8 Å². The summed E-state index contributed by atoms with van der Waals surface area (Å²) in [6.07, 6.45) is 0. The summed E-state index contributed by atoms with van der Waals surface area (Å²) in [7, 11) is 0. The van der Waals surface area contributed by atoms with Crippen LogP contribution in [0.3, 0.4) is 0 Å². The van der Waals surface area contributed by atoms with Crippen LogP contribution >= 0.6 is 11.8 Å². The monoisotopic (exact) mass is 376 g/mol. The van der Waals surface area contributed by atoms with Crippen LogP contribution in [-0.4, -0.2) is 17.6 Å². The molecule has 0 saturated heterocycles. The number of benzene rings is 3. The highest BCUT2D eigenvalue weighted by Gasteiger charge is 2.09. The van der Waals surface area contributed by atoms with Gasteiger partial charge in [0.1, 0.15) is 0 Å². The molecule has 0 unspecified atom stereocenters. The van der Waals surface area contributed by atoms with Crippen molar-refractivity contribution >= 4 is 35.0 Å². The summed E-state index contributed by atoms with van der Waals surface area (Å²) in [6, 6.07) is 25.2. The van der Waals surface area contributed by atoms with Crippen LogP contribution in [0.15, 0.2) is 83.8 Å². The van der Waals surface area contributed by atoms with E-state index in [1.807, 2.05) is 78.9 Å². The first-order chi connectivity index (χ1) is 13.1. The number of hydrogen-bond donors (Lipinski definition) is 2. The molecule has 2 N–H and O–H groups in total. The first-order valence-electron chi connectivity index (χ1n) is 8.56. The minimum absolute atomic E-state index is 0.0608. The van der Waals surface area contributed by atoms with Gasteiger partial charge >= 0.3 is 0 Å². The van der Waals surface area contributed by atoms with Crippen molar-refractivity contribution in [1.82, 2.24) is 0 Å². The maximum atomic E-state index is 12.4. The minimum Gasteiger partial charge on any atom is -0.326 e. The molecule has 0 aromatic heterocycles. The second-order valence-corrected chi connectivity index (χ2v) is 7.00. The molecule has 3 aromatic rings. The Morgan fingerprint density at radius 3 is 2.19 bits per heavy atom. The van der Waals surface area contributed by atoms with Crippen LogP contribution in [0.25, 0.3) is 11.1 Å². The zero-order chi connectivity index (χ0) is 19.1. The van der Waals surface area contributed by atoms with Crippen LogP contribution in [-0.2, 0) is 9.59 Å². The lowest BCUT2D eigenvalue weighted by molar-refractivity contribution is -0.114. The average molecular weight is 376 g/mol. The van der Waals surface area contributed by atoms with Crippen molar-refractivity contribution in [3.05, 3.63) is 78.9 Å². The molecule has 4 nitrogen and oxygen atoms in total. The Balaban J connectivity index is 1.61. The fraction of sp³-hybridized carbons (Fsp3) is 0.0909. The fourth-order valence-corrected chi connectivity index (χ4v) is 3.33. The van der Waals surface area contributed by atoms with E-state index in [4.69, 9.17) is 0 Å². The molecule has 2 amide bonds. The standard InChI is InChI=1S/C22H20N2O2S/c1-16(25)23-18-11-13-19(14-12-18)27-15-22(26)24-21-10-6-5-9-20(21)17-7-3-2-4-8-17/h2-14H,15H2,1H3,(H,23,25)(H,24,26). The van der Waals surface area contributed by atoms with E-state index in [1.54, 1.807) is 0 Å². The smallest absolute Gasteiger partial charge is 0.234 e. The van der Waals surface area contributed by atoms with Gasteiger partial charge < -0.3 is 10.6 Å². The van der Waals surface area contributed by atoms with Crippen molar-refractivity contribution in [3.8, 4) is 11.1 Å². The number of rotatable bonds is 6. The van der Waals surface area contributed by atoms with Crippen LogP contribution in [0.1, 0.15) is 6.92 Å². The topological polar surface area (TPSA) is 58.2 Å². The molecule has 0 atom stereocenters. The molecule has 0 heterocycles. The van der Waals surface area contributed by atoms with Crippen molar-refractivity contribution in [2.24, 2.45) is 0 Å². The number of para-hydroxylation sites is 1. The zero-order valence-electron chi connectivity index (χ0n) is 14.9. The maximum absolute atomic E-state index is 12.4. The molecule has 0 aliphatic rings. The van der Waals surface area contributed by atoms with Crippen LogP contribution in [0.2, 0.25) is 0 Å². The number of hydrogen-bond acceptors (Lipinski definition) is 3. The van der Waals surface area contributed by atoms with Gasteiger partial charge in [-0.1, -0.05) is 48.5 Å². The van der Waals surface area contributed by atoms with E-state index in [0.29, 0.717) is 5.75 Å². The van der Waals surface area contributed by atoms with E-state index in [9.17, 15) is 9.59 Å². The number of thioether (sulfide) groups is 1. The molecular formula is C22H20N2O2S. The van der Waals surface area contributed by atoms with Crippen LogP contribution < -0.4 is 10.6 Å². The quantitative estimate of drug-likeness (QED) is 0.592. The SMILES string of the molecule is CC(=O)Nc1ccc(SCC(=O)Nc2ccccc2-c2ccccc2)cc1. The maximum Gasteiger partial charge on any atom is 0.234 e. The van der Waals surface area contributed by atoms with E-state index in [2.05, 4.69) is 10.6 Å². The molecule has 0 aliphatic heterocycles. The highest BCUT2D eigenvalue weighted by atomic mass is 32.2. The predicted octanol–water partition coefficient (Wildman–Crippen LogP) is 5.04. The molecule has 0 bridgehead atoms. The predicted molar refractivity (Wildman–Crippen MR) is 112 cm³/mol. The first-order valence-corrected chi connectivity index (χ1v) is 9.55. The van der Waals surface area contributed by atoms with Crippen molar-refractivity contribution in [3.63, 3.8) is 0 Å². The highest BCUT2D eigenvalue weighted by molar-refractivity contribution is 8.00. The Morgan fingerprint density at radius 2 is 1.48 bits per heavy atom. The minimum atomic E-state index is -0.105. The number of carbonyl (C=O) groups excluding carboxylic acids is 2. The lowest BCUT2D eigenvalue weighted by Crippen LogP contribution is -2.14. The lowest BCUT2D eigenvalue weighted by Gasteiger charge is -2.11.